The molecular formula is C9H7N3O3. The summed E-state index contributed by atoms with van der Waals surface area (Å²) in [6.07, 6.45) is 2.38. The highest BCUT2D eigenvalue weighted by Gasteiger charge is 2.13. The van der Waals surface area contributed by atoms with Crippen LogP contribution in [0.25, 0.3) is 6.08 Å². The molecule has 0 aliphatic rings. The molecule has 6 heteroatoms. The smallest absolute Gasteiger partial charge is 0.295 e. The van der Waals surface area contributed by atoms with Crippen molar-refractivity contribution in [2.24, 2.45) is 0 Å². The summed E-state index contributed by atoms with van der Waals surface area (Å²) >= 11 is 0. The second-order valence-electron chi connectivity index (χ2n) is 2.48. The van der Waals surface area contributed by atoms with Gasteiger partial charge in [-0.25, -0.2) is 4.98 Å². The molecular weight excluding hydrogens is 198 g/mol. The highest BCUT2D eigenvalue weighted by Crippen LogP contribution is 2.20. The Kier molecular flexibility index (Phi) is 3.35. The normalized spacial score (nSPS) is 9.87. The molecule has 76 valence electrons. The Labute approximate surface area is 85.6 Å². The van der Waals surface area contributed by atoms with Crippen molar-refractivity contribution < 1.29 is 9.66 Å². The zero-order chi connectivity index (χ0) is 11.3. The van der Waals surface area contributed by atoms with Gasteiger partial charge in [-0.05, 0) is 6.08 Å². The first-order valence-corrected chi connectivity index (χ1v) is 3.94. The fourth-order valence-corrected chi connectivity index (χ4v) is 0.956. The largest absolute Gasteiger partial charge is 0.481 e. The van der Waals surface area contributed by atoms with Gasteiger partial charge in [0, 0.05) is 18.2 Å². The van der Waals surface area contributed by atoms with Gasteiger partial charge in [0.1, 0.15) is 5.69 Å². The van der Waals surface area contributed by atoms with Crippen LogP contribution in [0, 0.1) is 21.4 Å². The van der Waals surface area contributed by atoms with Crippen molar-refractivity contribution in [2.45, 2.75) is 0 Å². The topological polar surface area (TPSA) is 89.0 Å². The van der Waals surface area contributed by atoms with E-state index in [4.69, 9.17) is 10.00 Å². The Morgan fingerprint density at radius 3 is 2.93 bits per heavy atom. The fourth-order valence-electron chi connectivity index (χ4n) is 0.956. The molecule has 0 aliphatic heterocycles. The average Bonchev–Trinajstić information content (AvgIpc) is 2.25. The Hall–Kier alpha value is -2.42. The number of rotatable bonds is 3. The predicted molar refractivity (Wildman–Crippen MR) is 52.1 cm³/mol. The van der Waals surface area contributed by atoms with Crippen molar-refractivity contribution in [3.05, 3.63) is 34.0 Å². The molecule has 1 aromatic rings. The molecule has 0 radical (unpaired) electrons. The van der Waals surface area contributed by atoms with Crippen LogP contribution in [0.15, 0.2) is 18.2 Å². The van der Waals surface area contributed by atoms with Gasteiger partial charge >= 0.3 is 0 Å². The van der Waals surface area contributed by atoms with Crippen molar-refractivity contribution in [3.63, 3.8) is 0 Å². The molecule has 1 aromatic heterocycles. The molecule has 0 atom stereocenters. The summed E-state index contributed by atoms with van der Waals surface area (Å²) in [5.74, 6) is 0.262. The maximum atomic E-state index is 10.6. The van der Waals surface area contributed by atoms with Crippen LogP contribution < -0.4 is 4.74 Å². The number of nitrogens with zero attached hydrogens (tertiary/aromatic N) is 3. The lowest BCUT2D eigenvalue weighted by Gasteiger charge is -2.00. The summed E-state index contributed by atoms with van der Waals surface area (Å²) < 4.78 is 4.82. The highest BCUT2D eigenvalue weighted by atomic mass is 16.6. The molecule has 1 rings (SSSR count). The zero-order valence-electron chi connectivity index (χ0n) is 7.88. The molecule has 0 saturated heterocycles. The van der Waals surface area contributed by atoms with Gasteiger partial charge in [-0.1, -0.05) is 0 Å². The third-order valence-corrected chi connectivity index (χ3v) is 1.60. The number of allylic oxidation sites excluding steroid dienone is 1. The Morgan fingerprint density at radius 2 is 2.40 bits per heavy atom. The van der Waals surface area contributed by atoms with Crippen molar-refractivity contribution in [2.75, 3.05) is 7.11 Å². The minimum Gasteiger partial charge on any atom is -0.481 e. The number of nitriles is 1. The van der Waals surface area contributed by atoms with E-state index in [9.17, 15) is 10.1 Å². The van der Waals surface area contributed by atoms with E-state index in [0.29, 0.717) is 0 Å². The first-order chi connectivity index (χ1) is 7.19. The monoisotopic (exact) mass is 205 g/mol. The van der Waals surface area contributed by atoms with Crippen molar-refractivity contribution >= 4 is 11.8 Å². The molecule has 0 N–H and O–H groups in total. The average molecular weight is 205 g/mol. The van der Waals surface area contributed by atoms with Crippen LogP contribution in [-0.4, -0.2) is 17.0 Å². The summed E-state index contributed by atoms with van der Waals surface area (Å²) in [5.41, 5.74) is -0.0665. The Balaban J connectivity index is 3.23. The van der Waals surface area contributed by atoms with Gasteiger partial charge in [0.2, 0.25) is 5.88 Å². The number of methoxy groups -OCH3 is 1. The van der Waals surface area contributed by atoms with E-state index >= 15 is 0 Å². The van der Waals surface area contributed by atoms with Crippen LogP contribution in [0.5, 0.6) is 5.88 Å². The lowest BCUT2D eigenvalue weighted by molar-refractivity contribution is -0.385. The number of pyridine rings is 1. The van der Waals surface area contributed by atoms with Crippen molar-refractivity contribution in [1.29, 1.82) is 5.26 Å². The van der Waals surface area contributed by atoms with Gasteiger partial charge in [-0.15, -0.1) is 0 Å². The van der Waals surface area contributed by atoms with E-state index in [0.717, 1.165) is 6.08 Å². The number of hydrogen-bond acceptors (Lipinski definition) is 5. The Morgan fingerprint density at radius 1 is 1.67 bits per heavy atom. The van der Waals surface area contributed by atoms with Gasteiger partial charge < -0.3 is 4.74 Å². The summed E-state index contributed by atoms with van der Waals surface area (Å²) in [5, 5.41) is 18.9. The minimum absolute atomic E-state index is 0.0981. The SMILES string of the molecule is COc1ccc([N+](=O)[O-])c(C=CC#N)n1. The number of hydrogen-bond donors (Lipinski definition) is 0. The van der Waals surface area contributed by atoms with E-state index in [-0.39, 0.29) is 17.3 Å². The molecule has 1 heterocycles. The molecule has 0 fully saturated rings. The third-order valence-electron chi connectivity index (χ3n) is 1.60. The molecule has 0 spiro atoms. The van der Waals surface area contributed by atoms with Crippen LogP contribution in [-0.2, 0) is 0 Å². The van der Waals surface area contributed by atoms with Crippen LogP contribution in [0.1, 0.15) is 5.69 Å². The van der Waals surface area contributed by atoms with Crippen LogP contribution >= 0.6 is 0 Å². The maximum absolute atomic E-state index is 10.6. The van der Waals surface area contributed by atoms with Gasteiger partial charge in [0.25, 0.3) is 5.69 Å². The van der Waals surface area contributed by atoms with Crippen molar-refractivity contribution in [1.82, 2.24) is 4.98 Å². The molecule has 0 unspecified atom stereocenters. The Bertz CT molecular complexity index is 448. The van der Waals surface area contributed by atoms with Crippen LogP contribution in [0.4, 0.5) is 5.69 Å². The van der Waals surface area contributed by atoms with Gasteiger partial charge in [0.05, 0.1) is 18.1 Å². The fraction of sp³-hybridized carbons (Fsp3) is 0.111. The zero-order valence-corrected chi connectivity index (χ0v) is 7.88. The van der Waals surface area contributed by atoms with Crippen LogP contribution in [0.2, 0.25) is 0 Å². The molecule has 0 aromatic carbocycles. The van der Waals surface area contributed by atoms with Gasteiger partial charge in [0.15, 0.2) is 0 Å². The number of aromatic nitrogens is 1. The highest BCUT2D eigenvalue weighted by molar-refractivity contribution is 5.59. The van der Waals surface area contributed by atoms with Gasteiger partial charge in [-0.2, -0.15) is 5.26 Å². The molecule has 6 nitrogen and oxygen atoms in total. The van der Waals surface area contributed by atoms with Crippen molar-refractivity contribution in [3.8, 4) is 11.9 Å². The summed E-state index contributed by atoms with van der Waals surface area (Å²) in [6, 6.07) is 4.41. The van der Waals surface area contributed by atoms with E-state index in [1.807, 2.05) is 0 Å². The lowest BCUT2D eigenvalue weighted by Crippen LogP contribution is -1.96. The molecule has 0 amide bonds. The third kappa shape index (κ3) is 2.51. The standard InChI is InChI=1S/C9H7N3O3/c1-15-9-5-4-8(12(13)14)7(11-9)3-2-6-10/h2-5H,1H3. The van der Waals surface area contributed by atoms with E-state index in [1.165, 1.54) is 25.3 Å². The second kappa shape index (κ2) is 4.72. The molecule has 0 saturated carbocycles. The second-order valence-corrected chi connectivity index (χ2v) is 2.48. The summed E-state index contributed by atoms with van der Waals surface area (Å²) in [6.45, 7) is 0. The van der Waals surface area contributed by atoms with E-state index in [1.54, 1.807) is 6.07 Å². The molecule has 15 heavy (non-hydrogen) atoms. The lowest BCUT2D eigenvalue weighted by atomic mass is 10.3. The van der Waals surface area contributed by atoms with Gasteiger partial charge in [-0.3, -0.25) is 10.1 Å². The first kappa shape index (κ1) is 10.7. The first-order valence-electron chi connectivity index (χ1n) is 3.94. The van der Waals surface area contributed by atoms with E-state index < -0.39 is 4.92 Å². The predicted octanol–water partition coefficient (Wildman–Crippen LogP) is 1.54. The van der Waals surface area contributed by atoms with E-state index in [2.05, 4.69) is 4.98 Å². The number of nitro groups is 1. The maximum Gasteiger partial charge on any atom is 0.295 e. The molecule has 0 aliphatic carbocycles. The summed E-state index contributed by atoms with van der Waals surface area (Å²) in [4.78, 5) is 13.9. The summed E-state index contributed by atoms with van der Waals surface area (Å²) in [7, 11) is 1.41. The van der Waals surface area contributed by atoms with Crippen LogP contribution in [0.3, 0.4) is 0 Å². The minimum atomic E-state index is -0.566. The quantitative estimate of drug-likeness (QED) is 0.424. The molecule has 0 bridgehead atoms. The number of ether oxygens (including phenoxy) is 1.